The smallest absolute Gasteiger partial charge is 0.243 e. The molecule has 0 bridgehead atoms. The lowest BCUT2D eigenvalue weighted by Crippen LogP contribution is -2.29. The zero-order valence-electron chi connectivity index (χ0n) is 7.84. The molecule has 0 aliphatic rings. The van der Waals surface area contributed by atoms with E-state index in [1.807, 2.05) is 0 Å². The van der Waals surface area contributed by atoms with Crippen molar-refractivity contribution in [3.05, 3.63) is 24.0 Å². The second-order valence-corrected chi connectivity index (χ2v) is 4.38. The molecule has 1 aromatic heterocycles. The van der Waals surface area contributed by atoms with Gasteiger partial charge in [-0.05, 0) is 12.1 Å². The molecule has 15 heavy (non-hydrogen) atoms. The van der Waals surface area contributed by atoms with Crippen molar-refractivity contribution < 1.29 is 8.42 Å². The van der Waals surface area contributed by atoms with Gasteiger partial charge in [0.15, 0.2) is 5.69 Å². The molecule has 0 aliphatic carbocycles. The highest BCUT2D eigenvalue weighted by atomic mass is 32.2. The van der Waals surface area contributed by atoms with Gasteiger partial charge in [-0.3, -0.25) is 0 Å². The fourth-order valence-corrected chi connectivity index (χ4v) is 2.12. The minimum absolute atomic E-state index is 0.123. The Labute approximate surface area is 87.8 Å². The summed E-state index contributed by atoms with van der Waals surface area (Å²) in [6, 6.07) is 4.50. The first-order chi connectivity index (χ1) is 7.11. The summed E-state index contributed by atoms with van der Waals surface area (Å²) in [5.41, 5.74) is 5.05. The van der Waals surface area contributed by atoms with Crippen molar-refractivity contribution >= 4 is 10.0 Å². The van der Waals surface area contributed by atoms with Crippen LogP contribution in [0.25, 0.3) is 0 Å². The molecule has 0 amide bonds. The molecule has 0 saturated heterocycles. The van der Waals surface area contributed by atoms with E-state index in [4.69, 9.17) is 11.0 Å². The number of nitrogens with zero attached hydrogens (tertiary/aromatic N) is 2. The molecule has 6 nitrogen and oxygen atoms in total. The van der Waals surface area contributed by atoms with E-state index in [0.717, 1.165) is 0 Å². The predicted octanol–water partition coefficient (Wildman–Crippen LogP) is -0.810. The van der Waals surface area contributed by atoms with Crippen LogP contribution in [0.2, 0.25) is 0 Å². The molecular weight excluding hydrogens is 216 g/mol. The quantitative estimate of drug-likeness (QED) is 0.698. The van der Waals surface area contributed by atoms with E-state index in [1.54, 1.807) is 6.07 Å². The molecule has 0 unspecified atom stereocenters. The average Bonchev–Trinajstić information content (AvgIpc) is 2.26. The van der Waals surface area contributed by atoms with Crippen LogP contribution in [-0.2, 0) is 10.0 Å². The minimum Gasteiger partial charge on any atom is -0.329 e. The Balaban J connectivity index is 3.11. The maximum atomic E-state index is 11.6. The maximum absolute atomic E-state index is 11.6. The lowest BCUT2D eigenvalue weighted by atomic mass is 10.4. The summed E-state index contributed by atoms with van der Waals surface area (Å²) >= 11 is 0. The summed E-state index contributed by atoms with van der Waals surface area (Å²) < 4.78 is 25.5. The van der Waals surface area contributed by atoms with Crippen molar-refractivity contribution in [2.45, 2.75) is 4.90 Å². The highest BCUT2D eigenvalue weighted by Crippen LogP contribution is 2.10. The molecule has 0 saturated carbocycles. The molecule has 1 rings (SSSR count). The van der Waals surface area contributed by atoms with Gasteiger partial charge >= 0.3 is 0 Å². The van der Waals surface area contributed by atoms with E-state index >= 15 is 0 Å². The Bertz CT molecular complexity index is 478. The van der Waals surface area contributed by atoms with Gasteiger partial charge in [0.25, 0.3) is 0 Å². The molecule has 0 atom stereocenters. The average molecular weight is 226 g/mol. The second-order valence-electron chi connectivity index (χ2n) is 2.65. The highest BCUT2D eigenvalue weighted by molar-refractivity contribution is 7.89. The third-order valence-electron chi connectivity index (χ3n) is 1.60. The van der Waals surface area contributed by atoms with Gasteiger partial charge in [-0.25, -0.2) is 18.1 Å². The van der Waals surface area contributed by atoms with Gasteiger partial charge in [0.1, 0.15) is 11.0 Å². The zero-order chi connectivity index (χ0) is 11.3. The number of nitriles is 1. The molecular formula is C8H10N4O2S. The maximum Gasteiger partial charge on any atom is 0.243 e. The van der Waals surface area contributed by atoms with Crippen LogP contribution in [-0.4, -0.2) is 26.5 Å². The van der Waals surface area contributed by atoms with Crippen molar-refractivity contribution in [1.82, 2.24) is 9.71 Å². The third-order valence-corrected chi connectivity index (χ3v) is 3.10. The van der Waals surface area contributed by atoms with Gasteiger partial charge < -0.3 is 5.73 Å². The molecule has 7 heteroatoms. The van der Waals surface area contributed by atoms with Crippen molar-refractivity contribution in [3.8, 4) is 6.07 Å². The van der Waals surface area contributed by atoms with Crippen molar-refractivity contribution in [2.24, 2.45) is 5.73 Å². The van der Waals surface area contributed by atoms with Gasteiger partial charge in [-0.15, -0.1) is 0 Å². The molecule has 1 heterocycles. The van der Waals surface area contributed by atoms with Gasteiger partial charge in [0.2, 0.25) is 10.0 Å². The minimum atomic E-state index is -3.68. The molecule has 1 aromatic rings. The molecule has 0 aromatic carbocycles. The largest absolute Gasteiger partial charge is 0.329 e. The standard InChI is InChI=1S/C8H10N4O2S/c9-3-5-12-15(13,14)8-2-1-4-11-7(8)6-10/h1-2,4,12H,3,5,9H2. The summed E-state index contributed by atoms with van der Waals surface area (Å²) in [5, 5.41) is 8.68. The van der Waals surface area contributed by atoms with E-state index in [0.29, 0.717) is 0 Å². The fourth-order valence-electron chi connectivity index (χ4n) is 0.962. The summed E-state index contributed by atoms with van der Waals surface area (Å²) in [5.74, 6) is 0. The Morgan fingerprint density at radius 3 is 2.93 bits per heavy atom. The number of nitrogens with one attached hydrogen (secondary N) is 1. The third kappa shape index (κ3) is 2.73. The van der Waals surface area contributed by atoms with E-state index in [-0.39, 0.29) is 23.7 Å². The number of hydrogen-bond donors (Lipinski definition) is 2. The summed E-state index contributed by atoms with van der Waals surface area (Å²) in [6.45, 7) is 0.323. The van der Waals surface area contributed by atoms with Crippen molar-refractivity contribution in [3.63, 3.8) is 0 Å². The fraction of sp³-hybridized carbons (Fsp3) is 0.250. The van der Waals surface area contributed by atoms with Crippen LogP contribution < -0.4 is 10.5 Å². The van der Waals surface area contributed by atoms with Crippen LogP contribution in [0, 0.1) is 11.3 Å². The van der Waals surface area contributed by atoms with Crippen LogP contribution >= 0.6 is 0 Å². The number of hydrogen-bond acceptors (Lipinski definition) is 5. The zero-order valence-corrected chi connectivity index (χ0v) is 8.66. The predicted molar refractivity (Wildman–Crippen MR) is 53.2 cm³/mol. The van der Waals surface area contributed by atoms with E-state index in [2.05, 4.69) is 9.71 Å². The molecule has 0 fully saturated rings. The van der Waals surface area contributed by atoms with Crippen LogP contribution in [0.5, 0.6) is 0 Å². The van der Waals surface area contributed by atoms with Gasteiger partial charge in [-0.2, -0.15) is 5.26 Å². The normalized spacial score (nSPS) is 10.9. The Morgan fingerprint density at radius 2 is 2.33 bits per heavy atom. The number of sulfonamides is 1. The Hall–Kier alpha value is -1.49. The number of nitrogens with two attached hydrogens (primary N) is 1. The van der Waals surface area contributed by atoms with Crippen molar-refractivity contribution in [1.29, 1.82) is 5.26 Å². The Morgan fingerprint density at radius 1 is 1.60 bits per heavy atom. The molecule has 3 N–H and O–H groups in total. The molecule has 80 valence electrons. The second kappa shape index (κ2) is 4.84. The first-order valence-electron chi connectivity index (χ1n) is 4.16. The molecule has 0 aliphatic heterocycles. The van der Waals surface area contributed by atoms with Crippen LogP contribution in [0.4, 0.5) is 0 Å². The van der Waals surface area contributed by atoms with Crippen molar-refractivity contribution in [2.75, 3.05) is 13.1 Å². The van der Waals surface area contributed by atoms with Crippen LogP contribution in [0.1, 0.15) is 5.69 Å². The SMILES string of the molecule is N#Cc1ncccc1S(=O)(=O)NCCN. The lowest BCUT2D eigenvalue weighted by molar-refractivity contribution is 0.581. The monoisotopic (exact) mass is 226 g/mol. The van der Waals surface area contributed by atoms with Crippen LogP contribution in [0.15, 0.2) is 23.2 Å². The number of pyridine rings is 1. The number of rotatable bonds is 4. The summed E-state index contributed by atoms with van der Waals surface area (Å²) in [7, 11) is -3.68. The molecule has 0 spiro atoms. The van der Waals surface area contributed by atoms with E-state index in [1.165, 1.54) is 18.3 Å². The van der Waals surface area contributed by atoms with E-state index in [9.17, 15) is 8.42 Å². The van der Waals surface area contributed by atoms with Gasteiger partial charge in [0.05, 0.1) is 0 Å². The van der Waals surface area contributed by atoms with Crippen LogP contribution in [0.3, 0.4) is 0 Å². The Kier molecular flexibility index (Phi) is 3.74. The highest BCUT2D eigenvalue weighted by Gasteiger charge is 2.17. The first-order valence-corrected chi connectivity index (χ1v) is 5.65. The summed E-state index contributed by atoms with van der Waals surface area (Å²) in [6.07, 6.45) is 1.36. The topological polar surface area (TPSA) is 109 Å². The van der Waals surface area contributed by atoms with E-state index < -0.39 is 10.0 Å². The van der Waals surface area contributed by atoms with Gasteiger partial charge in [0, 0.05) is 19.3 Å². The lowest BCUT2D eigenvalue weighted by Gasteiger charge is -2.05. The summed E-state index contributed by atoms with van der Waals surface area (Å²) in [4.78, 5) is 3.54. The molecule has 0 radical (unpaired) electrons. The first kappa shape index (κ1) is 11.6. The number of aromatic nitrogens is 1. The van der Waals surface area contributed by atoms with Gasteiger partial charge in [-0.1, -0.05) is 0 Å².